The Morgan fingerprint density at radius 2 is 1.87 bits per heavy atom. The molecule has 1 rings (SSSR count). The lowest BCUT2D eigenvalue weighted by Crippen LogP contribution is -2.43. The van der Waals surface area contributed by atoms with E-state index in [9.17, 15) is 14.4 Å². The van der Waals surface area contributed by atoms with Gasteiger partial charge in [-0.15, -0.1) is 0 Å². The van der Waals surface area contributed by atoms with E-state index in [1.807, 2.05) is 0 Å². The quantitative estimate of drug-likeness (QED) is 0.452. The Bertz CT molecular complexity index is 298. The van der Waals surface area contributed by atoms with Crippen LogP contribution in [-0.4, -0.2) is 36.1 Å². The molecule has 0 spiro atoms. The molecule has 1 fully saturated rings. The second-order valence-electron chi connectivity index (χ2n) is 3.59. The second-order valence-corrected chi connectivity index (χ2v) is 3.59. The molecule has 84 valence electrons. The Morgan fingerprint density at radius 1 is 1.27 bits per heavy atom. The van der Waals surface area contributed by atoms with Crippen molar-refractivity contribution >= 4 is 17.9 Å². The summed E-state index contributed by atoms with van der Waals surface area (Å²) in [6.45, 7) is -0.182. The molecule has 0 bridgehead atoms. The molecule has 1 aliphatic rings. The molecular formula is C8H13N3O4. The molecule has 0 radical (unpaired) electrons. The fourth-order valence-corrected chi connectivity index (χ4v) is 1.10. The van der Waals surface area contributed by atoms with Gasteiger partial charge in [0, 0.05) is 6.54 Å². The molecular weight excluding hydrogens is 202 g/mol. The lowest BCUT2D eigenvalue weighted by atomic mass is 10.1. The van der Waals surface area contributed by atoms with Crippen molar-refractivity contribution in [2.24, 2.45) is 11.1 Å². The van der Waals surface area contributed by atoms with E-state index in [1.54, 1.807) is 0 Å². The SMILES string of the molecule is NC(=O)CNC(=O)NCC1(C(=O)O)CC1. The van der Waals surface area contributed by atoms with Gasteiger partial charge in [-0.1, -0.05) is 0 Å². The highest BCUT2D eigenvalue weighted by atomic mass is 16.4. The highest BCUT2D eigenvalue weighted by Gasteiger charge is 2.50. The van der Waals surface area contributed by atoms with Gasteiger partial charge in [0.05, 0.1) is 12.0 Å². The van der Waals surface area contributed by atoms with Crippen molar-refractivity contribution in [2.45, 2.75) is 12.8 Å². The summed E-state index contributed by atoms with van der Waals surface area (Å²) in [4.78, 5) is 32.0. The van der Waals surface area contributed by atoms with Gasteiger partial charge in [-0.05, 0) is 12.8 Å². The van der Waals surface area contributed by atoms with Gasteiger partial charge in [0.15, 0.2) is 0 Å². The minimum Gasteiger partial charge on any atom is -0.481 e. The van der Waals surface area contributed by atoms with Gasteiger partial charge in [0.1, 0.15) is 0 Å². The molecule has 1 aliphatic carbocycles. The normalized spacial score (nSPS) is 16.5. The number of carbonyl (C=O) groups is 3. The first-order valence-corrected chi connectivity index (χ1v) is 4.50. The average molecular weight is 215 g/mol. The van der Waals surface area contributed by atoms with Crippen molar-refractivity contribution in [3.05, 3.63) is 0 Å². The molecule has 0 aromatic rings. The van der Waals surface area contributed by atoms with Crippen molar-refractivity contribution in [3.8, 4) is 0 Å². The van der Waals surface area contributed by atoms with E-state index >= 15 is 0 Å². The zero-order valence-electron chi connectivity index (χ0n) is 8.08. The zero-order chi connectivity index (χ0) is 11.5. The van der Waals surface area contributed by atoms with E-state index in [1.165, 1.54) is 0 Å². The standard InChI is InChI=1S/C8H13N3O4/c9-5(12)3-10-7(15)11-4-8(1-2-8)6(13)14/h1-4H2,(H2,9,12)(H,13,14)(H2,10,11,15). The van der Waals surface area contributed by atoms with Crippen LogP contribution in [0.3, 0.4) is 0 Å². The largest absolute Gasteiger partial charge is 0.481 e. The van der Waals surface area contributed by atoms with Gasteiger partial charge in [-0.3, -0.25) is 9.59 Å². The summed E-state index contributed by atoms with van der Waals surface area (Å²) < 4.78 is 0. The van der Waals surface area contributed by atoms with Crippen molar-refractivity contribution in [3.63, 3.8) is 0 Å². The summed E-state index contributed by atoms with van der Waals surface area (Å²) in [7, 11) is 0. The minimum atomic E-state index is -0.905. The predicted octanol–water partition coefficient (Wildman–Crippen LogP) is -1.36. The van der Waals surface area contributed by atoms with E-state index in [0.717, 1.165) is 0 Å². The summed E-state index contributed by atoms with van der Waals surface area (Å²) >= 11 is 0. The molecule has 0 aromatic carbocycles. The fourth-order valence-electron chi connectivity index (χ4n) is 1.10. The number of carboxylic acid groups (broad SMARTS) is 1. The Kier molecular flexibility index (Phi) is 3.13. The maximum absolute atomic E-state index is 11.0. The zero-order valence-corrected chi connectivity index (χ0v) is 8.08. The lowest BCUT2D eigenvalue weighted by molar-refractivity contribution is -0.143. The number of carboxylic acids is 1. The third kappa shape index (κ3) is 3.12. The van der Waals surface area contributed by atoms with Crippen molar-refractivity contribution in [2.75, 3.05) is 13.1 Å². The number of nitrogens with two attached hydrogens (primary N) is 1. The molecule has 0 saturated heterocycles. The van der Waals surface area contributed by atoms with E-state index in [4.69, 9.17) is 10.8 Å². The first kappa shape index (κ1) is 11.3. The third-order valence-corrected chi connectivity index (χ3v) is 2.32. The molecule has 0 atom stereocenters. The Hall–Kier alpha value is -1.79. The van der Waals surface area contributed by atoms with Crippen molar-refractivity contribution in [1.82, 2.24) is 10.6 Å². The van der Waals surface area contributed by atoms with Gasteiger partial charge in [0.2, 0.25) is 5.91 Å². The smallest absolute Gasteiger partial charge is 0.315 e. The molecule has 7 nitrogen and oxygen atoms in total. The molecule has 0 heterocycles. The topological polar surface area (TPSA) is 122 Å². The molecule has 0 unspecified atom stereocenters. The first-order valence-electron chi connectivity index (χ1n) is 4.50. The maximum atomic E-state index is 11.0. The maximum Gasteiger partial charge on any atom is 0.315 e. The number of urea groups is 1. The highest BCUT2D eigenvalue weighted by molar-refractivity contribution is 5.83. The predicted molar refractivity (Wildman–Crippen MR) is 49.9 cm³/mol. The number of hydrogen-bond donors (Lipinski definition) is 4. The third-order valence-electron chi connectivity index (χ3n) is 2.32. The summed E-state index contributed by atoms with van der Waals surface area (Å²) in [5, 5.41) is 13.4. The first-order chi connectivity index (χ1) is 6.96. The van der Waals surface area contributed by atoms with Crippen LogP contribution < -0.4 is 16.4 Å². The summed E-state index contributed by atoms with van der Waals surface area (Å²) in [6.07, 6.45) is 1.14. The summed E-state index contributed by atoms with van der Waals surface area (Å²) in [5.41, 5.74) is 4.01. The van der Waals surface area contributed by atoms with Crippen LogP contribution in [0, 0.1) is 5.41 Å². The van der Waals surface area contributed by atoms with Crippen LogP contribution in [0.25, 0.3) is 0 Å². The summed E-state index contributed by atoms with van der Waals surface area (Å²) in [6, 6.07) is -0.582. The molecule has 15 heavy (non-hydrogen) atoms. The number of carbonyl (C=O) groups excluding carboxylic acids is 2. The van der Waals surface area contributed by atoms with Gasteiger partial charge in [-0.2, -0.15) is 0 Å². The van der Waals surface area contributed by atoms with E-state index < -0.39 is 23.3 Å². The number of primary amides is 1. The minimum absolute atomic E-state index is 0.0763. The lowest BCUT2D eigenvalue weighted by Gasteiger charge is -2.11. The highest BCUT2D eigenvalue weighted by Crippen LogP contribution is 2.45. The van der Waals surface area contributed by atoms with Crippen LogP contribution in [-0.2, 0) is 9.59 Å². The number of rotatable bonds is 5. The molecule has 5 N–H and O–H groups in total. The Labute approximate surface area is 86.0 Å². The summed E-state index contributed by atoms with van der Waals surface area (Å²) in [5.74, 6) is -1.55. The van der Waals surface area contributed by atoms with Crippen LogP contribution in [0.5, 0.6) is 0 Å². The van der Waals surface area contributed by atoms with Crippen LogP contribution in [0.15, 0.2) is 0 Å². The number of hydrogen-bond acceptors (Lipinski definition) is 3. The molecule has 1 saturated carbocycles. The molecule has 0 aliphatic heterocycles. The molecule has 7 heteroatoms. The van der Waals surface area contributed by atoms with E-state index in [-0.39, 0.29) is 13.1 Å². The fraction of sp³-hybridized carbons (Fsp3) is 0.625. The van der Waals surface area contributed by atoms with Gasteiger partial charge in [0.25, 0.3) is 0 Å². The van der Waals surface area contributed by atoms with Gasteiger partial charge in [-0.25, -0.2) is 4.79 Å². The average Bonchev–Trinajstić information content (AvgIpc) is 2.92. The monoisotopic (exact) mass is 215 g/mol. The van der Waals surface area contributed by atoms with Crippen LogP contribution in [0.2, 0.25) is 0 Å². The number of aliphatic carboxylic acids is 1. The second kappa shape index (κ2) is 4.16. The van der Waals surface area contributed by atoms with E-state index in [2.05, 4.69) is 10.6 Å². The van der Waals surface area contributed by atoms with E-state index in [0.29, 0.717) is 12.8 Å². The van der Waals surface area contributed by atoms with Crippen LogP contribution in [0.1, 0.15) is 12.8 Å². The van der Waals surface area contributed by atoms with Gasteiger partial charge < -0.3 is 21.5 Å². The molecule has 3 amide bonds. The van der Waals surface area contributed by atoms with Crippen LogP contribution >= 0.6 is 0 Å². The Morgan fingerprint density at radius 3 is 2.27 bits per heavy atom. The number of nitrogens with one attached hydrogen (secondary N) is 2. The van der Waals surface area contributed by atoms with Crippen molar-refractivity contribution < 1.29 is 19.5 Å². The number of amides is 3. The van der Waals surface area contributed by atoms with Crippen molar-refractivity contribution in [1.29, 1.82) is 0 Å². The van der Waals surface area contributed by atoms with Crippen LogP contribution in [0.4, 0.5) is 4.79 Å². The van der Waals surface area contributed by atoms with Gasteiger partial charge >= 0.3 is 12.0 Å². The Balaban J connectivity index is 2.23. The molecule has 0 aromatic heterocycles.